The van der Waals surface area contributed by atoms with Crippen molar-refractivity contribution in [2.45, 2.75) is 30.6 Å². The zero-order valence-corrected chi connectivity index (χ0v) is 19.2. The number of benzene rings is 1. The minimum absolute atomic E-state index is 0.00172. The second-order valence-electron chi connectivity index (χ2n) is 6.22. The fraction of sp³-hybridized carbons (Fsp3) is 0.538. The SMILES string of the molecule is COc1ccc(O[C@@H]2O[C@H](COS(=O)(=O)O)[C@H](OS(=O)(=O)O)[C@H](OS(=O)(=O)O)[C@H]2N=[N+]=[N-])cc1. The molecule has 34 heavy (non-hydrogen) atoms. The summed E-state index contributed by atoms with van der Waals surface area (Å²) < 4.78 is 123. The van der Waals surface area contributed by atoms with Crippen molar-refractivity contribution in [3.05, 3.63) is 34.7 Å². The van der Waals surface area contributed by atoms with Gasteiger partial charge in [-0.15, -0.1) is 0 Å². The number of hydrogen-bond acceptors (Lipinski definition) is 13. The highest BCUT2D eigenvalue weighted by molar-refractivity contribution is 7.81. The molecule has 1 aromatic rings. The summed E-state index contributed by atoms with van der Waals surface area (Å²) in [4.78, 5) is 2.45. The van der Waals surface area contributed by atoms with E-state index in [1.807, 2.05) is 0 Å². The highest BCUT2D eigenvalue weighted by atomic mass is 32.3. The Labute approximate surface area is 192 Å². The highest BCUT2D eigenvalue weighted by Crippen LogP contribution is 2.32. The normalized spacial score (nSPS) is 25.8. The summed E-state index contributed by atoms with van der Waals surface area (Å²) in [6.45, 7) is -1.24. The molecule has 21 heteroatoms. The molecule has 1 heterocycles. The third-order valence-electron chi connectivity index (χ3n) is 3.96. The van der Waals surface area contributed by atoms with Crippen LogP contribution in [0.3, 0.4) is 0 Å². The molecule has 0 radical (unpaired) electrons. The monoisotopic (exact) mass is 551 g/mol. The van der Waals surface area contributed by atoms with Crippen LogP contribution in [0, 0.1) is 0 Å². The molecule has 1 aliphatic rings. The van der Waals surface area contributed by atoms with E-state index in [2.05, 4.69) is 22.6 Å². The summed E-state index contributed by atoms with van der Waals surface area (Å²) >= 11 is 0. The molecule has 18 nitrogen and oxygen atoms in total. The average molecular weight is 551 g/mol. The van der Waals surface area contributed by atoms with Gasteiger partial charge in [0, 0.05) is 4.91 Å². The molecule has 0 unspecified atom stereocenters. The van der Waals surface area contributed by atoms with E-state index in [9.17, 15) is 25.3 Å². The molecule has 0 aromatic heterocycles. The molecule has 0 aliphatic carbocycles. The van der Waals surface area contributed by atoms with Gasteiger partial charge in [0.1, 0.15) is 35.9 Å². The Hall–Kier alpha value is -2.30. The van der Waals surface area contributed by atoms with Crippen LogP contribution >= 0.6 is 0 Å². The molecule has 0 spiro atoms. The fourth-order valence-corrected chi connectivity index (χ4v) is 4.08. The predicted molar refractivity (Wildman–Crippen MR) is 106 cm³/mol. The molecule has 5 atom stereocenters. The van der Waals surface area contributed by atoms with Gasteiger partial charge in [0.2, 0.25) is 6.29 Å². The third-order valence-corrected chi connectivity index (χ3v) is 5.32. The van der Waals surface area contributed by atoms with Crippen LogP contribution < -0.4 is 9.47 Å². The number of hydrogen-bond donors (Lipinski definition) is 3. The van der Waals surface area contributed by atoms with Gasteiger partial charge in [0.15, 0.2) is 0 Å². The zero-order valence-electron chi connectivity index (χ0n) is 16.7. The maximum atomic E-state index is 11.4. The largest absolute Gasteiger partial charge is 0.497 e. The molecular weight excluding hydrogens is 534 g/mol. The van der Waals surface area contributed by atoms with E-state index in [0.29, 0.717) is 5.75 Å². The van der Waals surface area contributed by atoms with Crippen LogP contribution in [0.1, 0.15) is 0 Å². The van der Waals surface area contributed by atoms with Gasteiger partial charge in [0.05, 0.1) is 13.7 Å². The Morgan fingerprint density at radius 2 is 1.47 bits per heavy atom. The summed E-state index contributed by atoms with van der Waals surface area (Å²) in [5.74, 6) is 0.398. The van der Waals surface area contributed by atoms with Crippen LogP contribution in [0.25, 0.3) is 10.4 Å². The van der Waals surface area contributed by atoms with Crippen LogP contribution in [0.5, 0.6) is 11.5 Å². The van der Waals surface area contributed by atoms with Crippen molar-refractivity contribution in [1.82, 2.24) is 0 Å². The Bertz CT molecular complexity index is 1210. The van der Waals surface area contributed by atoms with Crippen LogP contribution in [-0.2, 0) is 48.5 Å². The van der Waals surface area contributed by atoms with Gasteiger partial charge in [-0.2, -0.15) is 25.3 Å². The van der Waals surface area contributed by atoms with E-state index >= 15 is 0 Å². The summed E-state index contributed by atoms with van der Waals surface area (Å²) in [5.41, 5.74) is 8.90. The van der Waals surface area contributed by atoms with Crippen molar-refractivity contribution >= 4 is 31.2 Å². The number of nitrogens with zero attached hydrogens (tertiary/aromatic N) is 3. The van der Waals surface area contributed by atoms with E-state index in [4.69, 9.17) is 33.4 Å². The maximum absolute atomic E-state index is 11.4. The van der Waals surface area contributed by atoms with Crippen LogP contribution in [0.4, 0.5) is 0 Å². The van der Waals surface area contributed by atoms with Crippen molar-refractivity contribution in [3.63, 3.8) is 0 Å². The van der Waals surface area contributed by atoms with E-state index < -0.39 is 68.4 Å². The first kappa shape index (κ1) is 27.9. The molecular formula is C13H17N3O15S3. The first-order chi connectivity index (χ1) is 15.6. The van der Waals surface area contributed by atoms with Gasteiger partial charge < -0.3 is 14.2 Å². The van der Waals surface area contributed by atoms with Crippen molar-refractivity contribution in [2.75, 3.05) is 13.7 Å². The third kappa shape index (κ3) is 8.81. The molecule has 0 bridgehead atoms. The lowest BCUT2D eigenvalue weighted by Gasteiger charge is -2.42. The predicted octanol–water partition coefficient (Wildman–Crippen LogP) is -0.327. The average Bonchev–Trinajstić information content (AvgIpc) is 2.69. The Balaban J connectivity index is 2.54. The molecule has 2 rings (SSSR count). The zero-order chi connectivity index (χ0) is 25.7. The second kappa shape index (κ2) is 11.0. The number of azide groups is 1. The Morgan fingerprint density at radius 3 is 1.94 bits per heavy atom. The number of methoxy groups -OCH3 is 1. The summed E-state index contributed by atoms with van der Waals surface area (Å²) in [5, 5.41) is 3.22. The van der Waals surface area contributed by atoms with Crippen LogP contribution in [-0.4, -0.2) is 83.3 Å². The highest BCUT2D eigenvalue weighted by Gasteiger charge is 2.52. The van der Waals surface area contributed by atoms with E-state index in [1.165, 1.54) is 31.4 Å². The summed E-state index contributed by atoms with van der Waals surface area (Å²) in [6, 6.07) is 3.59. The minimum Gasteiger partial charge on any atom is -0.497 e. The van der Waals surface area contributed by atoms with Crippen molar-refractivity contribution in [1.29, 1.82) is 0 Å². The van der Waals surface area contributed by atoms with Gasteiger partial charge >= 0.3 is 31.2 Å². The molecule has 0 amide bonds. The number of ether oxygens (including phenoxy) is 3. The van der Waals surface area contributed by atoms with E-state index in [-0.39, 0.29) is 5.75 Å². The molecule has 0 saturated carbocycles. The Kier molecular flexibility index (Phi) is 9.01. The van der Waals surface area contributed by atoms with Gasteiger partial charge in [-0.25, -0.2) is 12.5 Å². The molecule has 1 fully saturated rings. The van der Waals surface area contributed by atoms with Crippen LogP contribution in [0.15, 0.2) is 29.4 Å². The van der Waals surface area contributed by atoms with Crippen LogP contribution in [0.2, 0.25) is 0 Å². The first-order valence-corrected chi connectivity index (χ1v) is 12.6. The quantitative estimate of drug-likeness (QED) is 0.137. The van der Waals surface area contributed by atoms with Gasteiger partial charge in [-0.05, 0) is 29.8 Å². The van der Waals surface area contributed by atoms with Crippen molar-refractivity contribution < 1.29 is 65.7 Å². The molecule has 1 aromatic carbocycles. The van der Waals surface area contributed by atoms with Crippen molar-refractivity contribution in [2.24, 2.45) is 5.11 Å². The number of rotatable bonds is 11. The lowest BCUT2D eigenvalue weighted by molar-refractivity contribution is -0.227. The molecule has 3 N–H and O–H groups in total. The first-order valence-electron chi connectivity index (χ1n) is 8.55. The maximum Gasteiger partial charge on any atom is 0.397 e. The molecule has 1 saturated heterocycles. The van der Waals surface area contributed by atoms with Gasteiger partial charge in [-0.3, -0.25) is 13.7 Å². The van der Waals surface area contributed by atoms with Gasteiger partial charge in [-0.1, -0.05) is 5.11 Å². The van der Waals surface area contributed by atoms with E-state index in [0.717, 1.165) is 0 Å². The lowest BCUT2D eigenvalue weighted by Crippen LogP contribution is -2.62. The molecule has 1 aliphatic heterocycles. The standard InChI is InChI=1S/C13H17N3O15S3/c1-26-7-2-4-8(5-3-7)28-13-10(15-16-14)12(31-34(23,24)25)11(30-33(20,21)22)9(29-13)6-27-32(17,18)19/h2-5,9-13H,6H2,1H3,(H,17,18,19)(H,20,21,22)(H,23,24,25)/t9-,10-,11+,12-,13-/m1/s1. The molecule has 192 valence electrons. The lowest BCUT2D eigenvalue weighted by atomic mass is 9.97. The van der Waals surface area contributed by atoms with Gasteiger partial charge in [0.25, 0.3) is 0 Å². The summed E-state index contributed by atoms with van der Waals surface area (Å²) in [6.07, 6.45) is -8.43. The summed E-state index contributed by atoms with van der Waals surface area (Å²) in [7, 11) is -14.6. The van der Waals surface area contributed by atoms with Crippen molar-refractivity contribution in [3.8, 4) is 11.5 Å². The second-order valence-corrected chi connectivity index (χ2v) is 9.41. The minimum atomic E-state index is -5.41. The topological polar surface area (TPSA) is 267 Å². The smallest absolute Gasteiger partial charge is 0.397 e. The fourth-order valence-electron chi connectivity index (χ4n) is 2.75. The Morgan fingerprint density at radius 1 is 0.941 bits per heavy atom. The van der Waals surface area contributed by atoms with E-state index in [1.54, 1.807) is 0 Å².